The van der Waals surface area contributed by atoms with Crippen LogP contribution in [0.4, 0.5) is 20.2 Å². The summed E-state index contributed by atoms with van der Waals surface area (Å²) >= 11 is 0. The first-order valence-corrected chi connectivity index (χ1v) is 10.5. The molecule has 1 aliphatic rings. The molecule has 3 aromatic rings. The highest BCUT2D eigenvalue weighted by Crippen LogP contribution is 2.36. The zero-order valence-corrected chi connectivity index (χ0v) is 18.1. The van der Waals surface area contributed by atoms with Gasteiger partial charge in [0.2, 0.25) is 0 Å². The number of carbonyl (C=O) groups excluding carboxylic acids is 1. The fourth-order valence-electron chi connectivity index (χ4n) is 3.79. The van der Waals surface area contributed by atoms with E-state index >= 15 is 0 Å². The SMILES string of the molecule is N#CCC1OC(c2ccncc2NC(=O)c2nc(-c3c(F)cccc3F)ncc2N)CC(O)C1O. The Labute approximate surface area is 198 Å². The molecule has 0 bridgehead atoms. The number of amides is 1. The summed E-state index contributed by atoms with van der Waals surface area (Å²) < 4.78 is 34.2. The smallest absolute Gasteiger partial charge is 0.276 e. The first-order valence-electron chi connectivity index (χ1n) is 10.5. The van der Waals surface area contributed by atoms with Gasteiger partial charge in [0.15, 0.2) is 11.5 Å². The van der Waals surface area contributed by atoms with Crippen molar-refractivity contribution in [3.8, 4) is 17.5 Å². The van der Waals surface area contributed by atoms with Crippen LogP contribution in [0.5, 0.6) is 0 Å². The van der Waals surface area contributed by atoms with Crippen LogP contribution >= 0.6 is 0 Å². The number of nitrogens with two attached hydrogens (primary N) is 1. The molecule has 1 aliphatic heterocycles. The minimum absolute atomic E-state index is 0.00232. The lowest BCUT2D eigenvalue weighted by Crippen LogP contribution is -2.45. The molecule has 35 heavy (non-hydrogen) atoms. The minimum Gasteiger partial charge on any atom is -0.396 e. The molecule has 4 rings (SSSR count). The minimum atomic E-state index is -1.23. The van der Waals surface area contributed by atoms with Gasteiger partial charge in [0, 0.05) is 18.2 Å². The Bertz CT molecular complexity index is 1280. The number of hydrogen-bond acceptors (Lipinski definition) is 9. The third kappa shape index (κ3) is 4.92. The molecular formula is C23H20F2N6O4. The molecule has 1 aromatic carbocycles. The molecule has 3 heterocycles. The van der Waals surface area contributed by atoms with E-state index in [1.165, 1.54) is 18.5 Å². The number of nitriles is 1. The Morgan fingerprint density at radius 1 is 1.26 bits per heavy atom. The molecule has 0 radical (unpaired) electrons. The Morgan fingerprint density at radius 3 is 2.71 bits per heavy atom. The molecular weight excluding hydrogens is 462 g/mol. The molecule has 1 fully saturated rings. The van der Waals surface area contributed by atoms with Crippen molar-refractivity contribution in [3.63, 3.8) is 0 Å². The van der Waals surface area contributed by atoms with Crippen molar-refractivity contribution in [1.82, 2.24) is 15.0 Å². The van der Waals surface area contributed by atoms with Crippen molar-refractivity contribution in [3.05, 3.63) is 65.7 Å². The van der Waals surface area contributed by atoms with Crippen molar-refractivity contribution in [2.75, 3.05) is 11.1 Å². The molecule has 4 unspecified atom stereocenters. The summed E-state index contributed by atoms with van der Waals surface area (Å²) in [6, 6.07) is 6.72. The van der Waals surface area contributed by atoms with Gasteiger partial charge in [-0.15, -0.1) is 0 Å². The largest absolute Gasteiger partial charge is 0.396 e. The molecule has 0 saturated carbocycles. The van der Waals surface area contributed by atoms with E-state index in [2.05, 4.69) is 20.3 Å². The average Bonchev–Trinajstić information content (AvgIpc) is 2.83. The lowest BCUT2D eigenvalue weighted by Gasteiger charge is -2.37. The fourth-order valence-corrected chi connectivity index (χ4v) is 3.79. The monoisotopic (exact) mass is 482 g/mol. The van der Waals surface area contributed by atoms with E-state index in [1.807, 2.05) is 6.07 Å². The van der Waals surface area contributed by atoms with E-state index in [1.54, 1.807) is 6.07 Å². The van der Waals surface area contributed by atoms with E-state index < -0.39 is 47.5 Å². The molecule has 2 aromatic heterocycles. The second-order valence-electron chi connectivity index (χ2n) is 7.83. The number of benzene rings is 1. The molecule has 4 atom stereocenters. The molecule has 10 nitrogen and oxygen atoms in total. The van der Waals surface area contributed by atoms with Gasteiger partial charge < -0.3 is 26.0 Å². The van der Waals surface area contributed by atoms with Crippen LogP contribution < -0.4 is 11.1 Å². The molecule has 0 aliphatic carbocycles. The van der Waals surface area contributed by atoms with Crippen LogP contribution in [0.25, 0.3) is 11.4 Å². The predicted molar refractivity (Wildman–Crippen MR) is 118 cm³/mol. The number of nitrogens with one attached hydrogen (secondary N) is 1. The molecule has 12 heteroatoms. The van der Waals surface area contributed by atoms with Crippen LogP contribution in [0.15, 0.2) is 42.9 Å². The zero-order valence-electron chi connectivity index (χ0n) is 18.1. The Hall–Kier alpha value is -4.05. The van der Waals surface area contributed by atoms with Gasteiger partial charge in [0.05, 0.1) is 60.1 Å². The summed E-state index contributed by atoms with van der Waals surface area (Å²) in [5.41, 5.74) is 5.52. The van der Waals surface area contributed by atoms with Gasteiger partial charge in [0.25, 0.3) is 5.91 Å². The molecule has 180 valence electrons. The van der Waals surface area contributed by atoms with E-state index in [-0.39, 0.29) is 35.7 Å². The summed E-state index contributed by atoms with van der Waals surface area (Å²) in [4.78, 5) is 24.8. The normalized spacial score (nSPS) is 21.8. The number of aliphatic hydroxyl groups excluding tert-OH is 2. The fraction of sp³-hybridized carbons (Fsp3) is 0.261. The number of nitrogen functional groups attached to an aromatic ring is 1. The molecule has 5 N–H and O–H groups in total. The number of pyridine rings is 1. The van der Waals surface area contributed by atoms with Crippen molar-refractivity contribution < 1.29 is 28.5 Å². The lowest BCUT2D eigenvalue weighted by atomic mass is 9.92. The summed E-state index contributed by atoms with van der Waals surface area (Å²) in [5, 5.41) is 31.9. The number of ether oxygens (including phenoxy) is 1. The van der Waals surface area contributed by atoms with E-state index in [9.17, 15) is 23.8 Å². The van der Waals surface area contributed by atoms with Gasteiger partial charge in [-0.05, 0) is 18.2 Å². The zero-order chi connectivity index (χ0) is 25.1. The summed E-state index contributed by atoms with van der Waals surface area (Å²) in [5.74, 6) is -2.98. The van der Waals surface area contributed by atoms with Crippen molar-refractivity contribution >= 4 is 17.3 Å². The Balaban J connectivity index is 1.63. The summed E-state index contributed by atoms with van der Waals surface area (Å²) in [7, 11) is 0. The second kappa shape index (κ2) is 10.1. The Kier molecular flexibility index (Phi) is 6.92. The first kappa shape index (κ1) is 24.1. The van der Waals surface area contributed by atoms with Crippen LogP contribution in [0.1, 0.15) is 35.0 Å². The number of rotatable bonds is 5. The number of hydrogen-bond donors (Lipinski definition) is 4. The van der Waals surface area contributed by atoms with Crippen LogP contribution in [0.2, 0.25) is 0 Å². The molecule has 1 amide bonds. The quantitative estimate of drug-likeness (QED) is 0.426. The van der Waals surface area contributed by atoms with Crippen molar-refractivity contribution in [2.24, 2.45) is 0 Å². The number of aliphatic hydroxyl groups is 2. The maximum absolute atomic E-state index is 14.2. The average molecular weight is 482 g/mol. The highest BCUT2D eigenvalue weighted by Gasteiger charge is 2.38. The van der Waals surface area contributed by atoms with Gasteiger partial charge >= 0.3 is 0 Å². The maximum Gasteiger partial charge on any atom is 0.276 e. The van der Waals surface area contributed by atoms with Gasteiger partial charge in [-0.3, -0.25) is 9.78 Å². The number of halogens is 2. The predicted octanol–water partition coefficient (Wildman–Crippen LogP) is 2.12. The van der Waals surface area contributed by atoms with Gasteiger partial charge in [-0.1, -0.05) is 6.07 Å². The van der Waals surface area contributed by atoms with Crippen LogP contribution in [0.3, 0.4) is 0 Å². The highest BCUT2D eigenvalue weighted by molar-refractivity contribution is 6.06. The second-order valence-corrected chi connectivity index (χ2v) is 7.83. The van der Waals surface area contributed by atoms with Crippen LogP contribution in [-0.2, 0) is 4.74 Å². The number of aromatic nitrogens is 3. The molecule has 1 saturated heterocycles. The Morgan fingerprint density at radius 2 is 2.00 bits per heavy atom. The number of carbonyl (C=O) groups is 1. The third-order valence-electron chi connectivity index (χ3n) is 5.53. The van der Waals surface area contributed by atoms with Crippen LogP contribution in [0, 0.1) is 23.0 Å². The van der Waals surface area contributed by atoms with Crippen LogP contribution in [-0.4, -0.2) is 49.4 Å². The highest BCUT2D eigenvalue weighted by atomic mass is 19.1. The lowest BCUT2D eigenvalue weighted by molar-refractivity contribution is -0.168. The number of anilines is 2. The van der Waals surface area contributed by atoms with Gasteiger partial charge in [0.1, 0.15) is 17.7 Å². The summed E-state index contributed by atoms with van der Waals surface area (Å²) in [6.45, 7) is 0. The van der Waals surface area contributed by atoms with Crippen molar-refractivity contribution in [2.45, 2.75) is 37.3 Å². The first-order chi connectivity index (χ1) is 16.8. The third-order valence-corrected chi connectivity index (χ3v) is 5.53. The van der Waals surface area contributed by atoms with Crippen molar-refractivity contribution in [1.29, 1.82) is 5.26 Å². The standard InChI is InChI=1S/C23H20F2N6O4/c24-12-2-1-3-13(25)19(12)22-29-9-14(27)20(31-22)23(34)30-15-10-28-7-5-11(15)18-8-16(32)21(33)17(35-18)4-6-26/h1-3,5,7,9-10,16-18,21,32-33H,4,8,27H2,(H,30,34). The maximum atomic E-state index is 14.2. The van der Waals surface area contributed by atoms with Gasteiger partial charge in [-0.2, -0.15) is 5.26 Å². The van der Waals surface area contributed by atoms with E-state index in [0.717, 1.165) is 18.3 Å². The molecule has 0 spiro atoms. The van der Waals surface area contributed by atoms with Gasteiger partial charge in [-0.25, -0.2) is 18.7 Å². The topological polar surface area (TPSA) is 167 Å². The van der Waals surface area contributed by atoms with E-state index in [0.29, 0.717) is 5.56 Å². The van der Waals surface area contributed by atoms with E-state index in [4.69, 9.17) is 15.7 Å². The number of nitrogens with zero attached hydrogens (tertiary/aromatic N) is 4. The summed E-state index contributed by atoms with van der Waals surface area (Å²) in [6.07, 6.45) is -0.371.